The zero-order chi connectivity index (χ0) is 13.3. The van der Waals surface area contributed by atoms with Gasteiger partial charge in [-0.15, -0.1) is 0 Å². The second-order valence-corrected chi connectivity index (χ2v) is 4.00. The van der Waals surface area contributed by atoms with E-state index >= 15 is 0 Å². The molecule has 0 saturated carbocycles. The van der Waals surface area contributed by atoms with Gasteiger partial charge in [0.2, 0.25) is 5.91 Å². The number of amides is 1. The van der Waals surface area contributed by atoms with Crippen LogP contribution in [0.2, 0.25) is 0 Å². The van der Waals surface area contributed by atoms with Gasteiger partial charge in [-0.2, -0.15) is 0 Å². The first kappa shape index (κ1) is 15.9. The molecule has 0 rings (SSSR count). The number of carbonyl (C=O) groups is 2. The Morgan fingerprint density at radius 2 is 2.06 bits per heavy atom. The number of aliphatic carboxylic acids is 1. The van der Waals surface area contributed by atoms with Crippen LogP contribution in [0.5, 0.6) is 0 Å². The number of carboxylic acids is 1. The van der Waals surface area contributed by atoms with Crippen LogP contribution < -0.4 is 5.73 Å². The molecular weight excluding hydrogens is 224 g/mol. The summed E-state index contributed by atoms with van der Waals surface area (Å²) in [5.41, 5.74) is 5.73. The van der Waals surface area contributed by atoms with Gasteiger partial charge in [0.05, 0.1) is 6.04 Å². The molecule has 6 nitrogen and oxygen atoms in total. The molecule has 100 valence electrons. The minimum Gasteiger partial charge on any atom is -0.481 e. The van der Waals surface area contributed by atoms with Crippen LogP contribution in [-0.2, 0) is 14.3 Å². The first-order chi connectivity index (χ1) is 7.99. The number of likely N-dealkylation sites (N-methyl/N-ethyl adjacent to an activating group) is 1. The van der Waals surface area contributed by atoms with Gasteiger partial charge in [0.15, 0.2) is 0 Å². The van der Waals surface area contributed by atoms with E-state index < -0.39 is 12.0 Å². The quantitative estimate of drug-likeness (QED) is 0.561. The molecule has 0 bridgehead atoms. The Labute approximate surface area is 102 Å². The van der Waals surface area contributed by atoms with E-state index in [0.717, 1.165) is 6.42 Å². The molecule has 0 spiro atoms. The lowest BCUT2D eigenvalue weighted by Gasteiger charge is -2.20. The lowest BCUT2D eigenvalue weighted by Crippen LogP contribution is -2.42. The van der Waals surface area contributed by atoms with Crippen LogP contribution in [0.4, 0.5) is 0 Å². The Balaban J connectivity index is 3.81. The highest BCUT2D eigenvalue weighted by molar-refractivity contribution is 5.81. The molecule has 1 unspecified atom stereocenters. The molecule has 0 aliphatic rings. The molecule has 3 N–H and O–H groups in total. The van der Waals surface area contributed by atoms with Gasteiger partial charge in [-0.3, -0.25) is 9.59 Å². The van der Waals surface area contributed by atoms with E-state index in [0.29, 0.717) is 26.0 Å². The van der Waals surface area contributed by atoms with Crippen molar-refractivity contribution in [1.29, 1.82) is 0 Å². The van der Waals surface area contributed by atoms with Crippen LogP contribution in [0.3, 0.4) is 0 Å². The van der Waals surface area contributed by atoms with E-state index in [-0.39, 0.29) is 12.3 Å². The maximum absolute atomic E-state index is 11.7. The monoisotopic (exact) mass is 246 g/mol. The standard InChI is InChI=1S/C11H22N2O4/c1-13(7-3-6-10(14)15)11(16)9(12)5-4-8-17-2/h9H,3-8,12H2,1-2H3,(H,14,15). The van der Waals surface area contributed by atoms with Gasteiger partial charge >= 0.3 is 5.97 Å². The Bertz CT molecular complexity index is 246. The molecule has 0 saturated heterocycles. The fourth-order valence-corrected chi connectivity index (χ4v) is 1.43. The van der Waals surface area contributed by atoms with Crippen LogP contribution in [0, 0.1) is 0 Å². The van der Waals surface area contributed by atoms with Gasteiger partial charge in [-0.1, -0.05) is 0 Å². The van der Waals surface area contributed by atoms with E-state index in [9.17, 15) is 9.59 Å². The number of carbonyl (C=O) groups excluding carboxylic acids is 1. The second-order valence-electron chi connectivity index (χ2n) is 4.00. The van der Waals surface area contributed by atoms with E-state index in [1.807, 2.05) is 0 Å². The van der Waals surface area contributed by atoms with Crippen molar-refractivity contribution < 1.29 is 19.4 Å². The minimum atomic E-state index is -0.852. The summed E-state index contributed by atoms with van der Waals surface area (Å²) in [5.74, 6) is -0.998. The summed E-state index contributed by atoms with van der Waals surface area (Å²) < 4.78 is 4.88. The molecule has 0 fully saturated rings. The highest BCUT2D eigenvalue weighted by atomic mass is 16.5. The average Bonchev–Trinajstić information content (AvgIpc) is 2.27. The van der Waals surface area contributed by atoms with Crippen molar-refractivity contribution in [3.05, 3.63) is 0 Å². The maximum Gasteiger partial charge on any atom is 0.303 e. The first-order valence-corrected chi connectivity index (χ1v) is 5.70. The fraction of sp³-hybridized carbons (Fsp3) is 0.818. The van der Waals surface area contributed by atoms with Crippen LogP contribution in [0.15, 0.2) is 0 Å². The zero-order valence-corrected chi connectivity index (χ0v) is 10.5. The number of nitrogens with zero attached hydrogens (tertiary/aromatic N) is 1. The van der Waals surface area contributed by atoms with E-state index in [1.54, 1.807) is 14.2 Å². The number of ether oxygens (including phenoxy) is 1. The largest absolute Gasteiger partial charge is 0.481 e. The normalized spacial score (nSPS) is 12.2. The van der Waals surface area contributed by atoms with Crippen molar-refractivity contribution in [2.45, 2.75) is 31.7 Å². The molecule has 1 amide bonds. The van der Waals surface area contributed by atoms with Crippen molar-refractivity contribution in [3.63, 3.8) is 0 Å². The minimum absolute atomic E-state index is 0.0660. The maximum atomic E-state index is 11.7. The Kier molecular flexibility index (Phi) is 8.35. The van der Waals surface area contributed by atoms with E-state index in [1.165, 1.54) is 4.90 Å². The molecule has 0 aromatic carbocycles. The SMILES string of the molecule is COCCCC(N)C(=O)N(C)CCCC(=O)O. The van der Waals surface area contributed by atoms with E-state index in [4.69, 9.17) is 15.6 Å². The highest BCUT2D eigenvalue weighted by Crippen LogP contribution is 2.01. The molecule has 17 heavy (non-hydrogen) atoms. The van der Waals surface area contributed by atoms with Crippen LogP contribution in [0.1, 0.15) is 25.7 Å². The van der Waals surface area contributed by atoms with Crippen LogP contribution >= 0.6 is 0 Å². The third kappa shape index (κ3) is 7.70. The summed E-state index contributed by atoms with van der Waals surface area (Å²) >= 11 is 0. The van der Waals surface area contributed by atoms with Crippen molar-refractivity contribution in [2.24, 2.45) is 5.73 Å². The van der Waals surface area contributed by atoms with Gasteiger partial charge < -0.3 is 20.5 Å². The highest BCUT2D eigenvalue weighted by Gasteiger charge is 2.17. The van der Waals surface area contributed by atoms with Gasteiger partial charge in [0, 0.05) is 33.7 Å². The van der Waals surface area contributed by atoms with Crippen LogP contribution in [-0.4, -0.2) is 55.2 Å². The molecule has 0 aliphatic heterocycles. The Hall–Kier alpha value is -1.14. The molecule has 0 heterocycles. The Morgan fingerprint density at radius 3 is 2.59 bits per heavy atom. The molecule has 0 aromatic rings. The first-order valence-electron chi connectivity index (χ1n) is 5.70. The van der Waals surface area contributed by atoms with Crippen molar-refractivity contribution in [2.75, 3.05) is 27.3 Å². The topological polar surface area (TPSA) is 92.9 Å². The van der Waals surface area contributed by atoms with Crippen molar-refractivity contribution in [3.8, 4) is 0 Å². The molecule has 6 heteroatoms. The van der Waals surface area contributed by atoms with Gasteiger partial charge in [0.1, 0.15) is 0 Å². The molecular formula is C11H22N2O4. The predicted molar refractivity (Wildman–Crippen MR) is 63.6 cm³/mol. The summed E-state index contributed by atoms with van der Waals surface area (Å²) in [7, 11) is 3.24. The predicted octanol–water partition coefficient (Wildman–Crippen LogP) is 0.0635. The number of rotatable bonds is 9. The molecule has 0 radical (unpaired) electrons. The van der Waals surface area contributed by atoms with Gasteiger partial charge in [-0.05, 0) is 19.3 Å². The molecule has 1 atom stereocenters. The second kappa shape index (κ2) is 8.95. The summed E-state index contributed by atoms with van der Waals surface area (Å²) in [6, 6.07) is -0.528. The Morgan fingerprint density at radius 1 is 1.41 bits per heavy atom. The summed E-state index contributed by atoms with van der Waals surface area (Å²) in [6.07, 6.45) is 1.83. The number of methoxy groups -OCH3 is 1. The lowest BCUT2D eigenvalue weighted by molar-refractivity contribution is -0.138. The molecule has 0 aromatic heterocycles. The lowest BCUT2D eigenvalue weighted by atomic mass is 10.1. The number of hydrogen-bond acceptors (Lipinski definition) is 4. The van der Waals surface area contributed by atoms with Crippen molar-refractivity contribution >= 4 is 11.9 Å². The third-order valence-corrected chi connectivity index (χ3v) is 2.44. The molecule has 0 aliphatic carbocycles. The average molecular weight is 246 g/mol. The number of nitrogens with two attached hydrogens (primary N) is 1. The summed E-state index contributed by atoms with van der Waals surface area (Å²) in [4.78, 5) is 23.5. The summed E-state index contributed by atoms with van der Waals surface area (Å²) in [6.45, 7) is 1.01. The fourth-order valence-electron chi connectivity index (χ4n) is 1.43. The number of hydrogen-bond donors (Lipinski definition) is 2. The van der Waals surface area contributed by atoms with Gasteiger partial charge in [-0.25, -0.2) is 0 Å². The smallest absolute Gasteiger partial charge is 0.303 e. The van der Waals surface area contributed by atoms with E-state index in [2.05, 4.69) is 0 Å². The zero-order valence-electron chi connectivity index (χ0n) is 10.5. The van der Waals surface area contributed by atoms with Crippen LogP contribution in [0.25, 0.3) is 0 Å². The van der Waals surface area contributed by atoms with Gasteiger partial charge in [0.25, 0.3) is 0 Å². The summed E-state index contributed by atoms with van der Waals surface area (Å²) in [5, 5.41) is 8.48. The number of carboxylic acid groups (broad SMARTS) is 1. The van der Waals surface area contributed by atoms with Crippen molar-refractivity contribution in [1.82, 2.24) is 4.90 Å². The third-order valence-electron chi connectivity index (χ3n) is 2.44.